The summed E-state index contributed by atoms with van der Waals surface area (Å²) in [7, 11) is 0. The van der Waals surface area contributed by atoms with Gasteiger partial charge in [0.2, 0.25) is 0 Å². The number of carboxylic acid groups (broad SMARTS) is 1. The first-order valence-electron chi connectivity index (χ1n) is 4.96. The molecule has 1 aromatic heterocycles. The molecular weight excluding hydrogens is 204 g/mol. The number of aryl methyl sites for hydroxylation is 1. The van der Waals surface area contributed by atoms with Crippen LogP contribution in [0.5, 0.6) is 0 Å². The fourth-order valence-corrected chi connectivity index (χ4v) is 1.77. The third-order valence-corrected chi connectivity index (χ3v) is 2.51. The van der Waals surface area contributed by atoms with Crippen molar-refractivity contribution in [3.8, 4) is 5.69 Å². The zero-order valence-corrected chi connectivity index (χ0v) is 9.14. The molecule has 0 saturated carbocycles. The summed E-state index contributed by atoms with van der Waals surface area (Å²) in [6.45, 7) is 3.46. The van der Waals surface area contributed by atoms with Gasteiger partial charge in [0.15, 0.2) is 0 Å². The number of aromatic nitrogens is 2. The van der Waals surface area contributed by atoms with Crippen molar-refractivity contribution in [2.24, 2.45) is 0 Å². The molecule has 0 atom stereocenters. The molecule has 0 aliphatic heterocycles. The van der Waals surface area contributed by atoms with Gasteiger partial charge in [-0.1, -0.05) is 18.2 Å². The van der Waals surface area contributed by atoms with Gasteiger partial charge in [-0.05, 0) is 26.0 Å². The summed E-state index contributed by atoms with van der Waals surface area (Å²) in [5.74, 6) is -0.933. The van der Waals surface area contributed by atoms with Crippen LogP contribution in [0.3, 0.4) is 0 Å². The molecule has 0 spiro atoms. The van der Waals surface area contributed by atoms with Crippen molar-refractivity contribution in [1.82, 2.24) is 9.78 Å². The predicted molar refractivity (Wildman–Crippen MR) is 60.0 cm³/mol. The van der Waals surface area contributed by atoms with Crippen molar-refractivity contribution in [2.75, 3.05) is 0 Å². The quantitative estimate of drug-likeness (QED) is 0.837. The molecule has 0 amide bonds. The van der Waals surface area contributed by atoms with E-state index in [4.69, 9.17) is 5.11 Å². The minimum Gasteiger partial charge on any atom is -0.478 e. The van der Waals surface area contributed by atoms with Crippen molar-refractivity contribution in [2.45, 2.75) is 13.8 Å². The topological polar surface area (TPSA) is 55.1 Å². The molecule has 16 heavy (non-hydrogen) atoms. The smallest absolute Gasteiger partial charge is 0.339 e. The highest BCUT2D eigenvalue weighted by molar-refractivity contribution is 5.90. The molecule has 0 radical (unpaired) electrons. The number of carbonyl (C=O) groups is 1. The highest BCUT2D eigenvalue weighted by Gasteiger charge is 2.17. The second-order valence-electron chi connectivity index (χ2n) is 3.60. The van der Waals surface area contributed by atoms with E-state index >= 15 is 0 Å². The van der Waals surface area contributed by atoms with Crippen molar-refractivity contribution in [3.05, 3.63) is 47.3 Å². The van der Waals surface area contributed by atoms with E-state index in [1.54, 1.807) is 18.5 Å². The summed E-state index contributed by atoms with van der Waals surface area (Å²) in [4.78, 5) is 11.0. The van der Waals surface area contributed by atoms with Gasteiger partial charge in [0.1, 0.15) is 5.56 Å². The van der Waals surface area contributed by atoms with E-state index in [0.29, 0.717) is 11.4 Å². The van der Waals surface area contributed by atoms with Crippen LogP contribution >= 0.6 is 0 Å². The normalized spacial score (nSPS) is 10.4. The van der Waals surface area contributed by atoms with Gasteiger partial charge in [0.05, 0.1) is 17.1 Å². The predicted octanol–water partition coefficient (Wildman–Crippen LogP) is 2.19. The molecule has 2 aromatic rings. The molecule has 1 aromatic carbocycles. The second-order valence-corrected chi connectivity index (χ2v) is 3.60. The van der Waals surface area contributed by atoms with Gasteiger partial charge >= 0.3 is 5.97 Å². The van der Waals surface area contributed by atoms with Gasteiger partial charge in [-0.2, -0.15) is 5.10 Å². The molecule has 0 aliphatic rings. The van der Waals surface area contributed by atoms with Crippen LogP contribution in [0.1, 0.15) is 21.7 Å². The number of para-hydroxylation sites is 1. The number of nitrogens with zero attached hydrogens (tertiary/aromatic N) is 2. The van der Waals surface area contributed by atoms with Crippen LogP contribution in [-0.2, 0) is 0 Å². The van der Waals surface area contributed by atoms with Gasteiger partial charge in [-0.25, -0.2) is 9.48 Å². The fraction of sp³-hybridized carbons (Fsp3) is 0.167. The van der Waals surface area contributed by atoms with Crippen LogP contribution in [-0.4, -0.2) is 20.9 Å². The van der Waals surface area contributed by atoms with Crippen LogP contribution in [0.25, 0.3) is 5.69 Å². The van der Waals surface area contributed by atoms with Crippen LogP contribution in [0.15, 0.2) is 30.3 Å². The lowest BCUT2D eigenvalue weighted by Crippen LogP contribution is -2.02. The van der Waals surface area contributed by atoms with E-state index in [1.165, 1.54) is 0 Å². The van der Waals surface area contributed by atoms with Crippen molar-refractivity contribution < 1.29 is 9.90 Å². The van der Waals surface area contributed by atoms with Gasteiger partial charge in [-0.15, -0.1) is 0 Å². The second kappa shape index (κ2) is 3.81. The third-order valence-electron chi connectivity index (χ3n) is 2.51. The SMILES string of the molecule is Cc1nn(-c2ccccc2)c(C)c1C(=O)O. The Labute approximate surface area is 93.1 Å². The Balaban J connectivity index is 2.61. The molecule has 4 nitrogen and oxygen atoms in total. The van der Waals surface area contributed by atoms with E-state index in [0.717, 1.165) is 5.69 Å². The highest BCUT2D eigenvalue weighted by atomic mass is 16.4. The van der Waals surface area contributed by atoms with Gasteiger partial charge in [0, 0.05) is 0 Å². The summed E-state index contributed by atoms with van der Waals surface area (Å²) in [6.07, 6.45) is 0. The number of aromatic carboxylic acids is 1. The Morgan fingerprint density at radius 2 is 1.88 bits per heavy atom. The van der Waals surface area contributed by atoms with Crippen LogP contribution in [0, 0.1) is 13.8 Å². The largest absolute Gasteiger partial charge is 0.478 e. The van der Waals surface area contributed by atoms with Crippen LogP contribution in [0.4, 0.5) is 0 Å². The number of carboxylic acids is 1. The highest BCUT2D eigenvalue weighted by Crippen LogP contribution is 2.17. The van der Waals surface area contributed by atoms with Crippen molar-refractivity contribution in [3.63, 3.8) is 0 Å². The minimum atomic E-state index is -0.933. The number of rotatable bonds is 2. The van der Waals surface area contributed by atoms with E-state index in [-0.39, 0.29) is 5.56 Å². The monoisotopic (exact) mass is 216 g/mol. The maximum Gasteiger partial charge on any atom is 0.339 e. The summed E-state index contributed by atoms with van der Waals surface area (Å²) in [5, 5.41) is 13.3. The molecule has 0 unspecified atom stereocenters. The Bertz CT molecular complexity index is 529. The first-order chi connectivity index (χ1) is 7.61. The number of benzene rings is 1. The summed E-state index contributed by atoms with van der Waals surface area (Å²) < 4.78 is 1.65. The van der Waals surface area contributed by atoms with E-state index in [9.17, 15) is 4.79 Å². The number of hydrogen-bond acceptors (Lipinski definition) is 2. The van der Waals surface area contributed by atoms with Crippen molar-refractivity contribution >= 4 is 5.97 Å². The van der Waals surface area contributed by atoms with E-state index in [1.807, 2.05) is 30.3 Å². The Morgan fingerprint density at radius 1 is 1.25 bits per heavy atom. The third kappa shape index (κ3) is 1.58. The Morgan fingerprint density at radius 3 is 2.38 bits per heavy atom. The maximum absolute atomic E-state index is 11.0. The number of hydrogen-bond donors (Lipinski definition) is 1. The zero-order valence-electron chi connectivity index (χ0n) is 9.14. The molecular formula is C12H12N2O2. The van der Waals surface area contributed by atoms with E-state index < -0.39 is 5.97 Å². The first-order valence-corrected chi connectivity index (χ1v) is 4.96. The van der Waals surface area contributed by atoms with Crippen LogP contribution in [0.2, 0.25) is 0 Å². The summed E-state index contributed by atoms with van der Waals surface area (Å²) in [6, 6.07) is 9.49. The maximum atomic E-state index is 11.0. The molecule has 2 rings (SSSR count). The lowest BCUT2D eigenvalue weighted by Gasteiger charge is -2.03. The summed E-state index contributed by atoms with van der Waals surface area (Å²) in [5.41, 5.74) is 2.34. The Kier molecular flexibility index (Phi) is 2.48. The first kappa shape index (κ1) is 10.4. The lowest BCUT2D eigenvalue weighted by atomic mass is 10.2. The van der Waals surface area contributed by atoms with Gasteiger partial charge in [-0.3, -0.25) is 0 Å². The van der Waals surface area contributed by atoms with Crippen molar-refractivity contribution in [1.29, 1.82) is 0 Å². The molecule has 4 heteroatoms. The molecule has 1 N–H and O–H groups in total. The Hall–Kier alpha value is -2.10. The zero-order chi connectivity index (χ0) is 11.7. The molecule has 0 bridgehead atoms. The average Bonchev–Trinajstić information content (AvgIpc) is 2.55. The fourth-order valence-electron chi connectivity index (χ4n) is 1.77. The standard InChI is InChI=1S/C12H12N2O2/c1-8-11(12(15)16)9(2)14(13-8)10-6-4-3-5-7-10/h3-7H,1-2H3,(H,15,16). The molecule has 0 aliphatic carbocycles. The van der Waals surface area contributed by atoms with Gasteiger partial charge < -0.3 is 5.11 Å². The molecule has 0 saturated heterocycles. The van der Waals surface area contributed by atoms with E-state index in [2.05, 4.69) is 5.10 Å². The molecule has 1 heterocycles. The lowest BCUT2D eigenvalue weighted by molar-refractivity contribution is 0.0695. The minimum absolute atomic E-state index is 0.281. The van der Waals surface area contributed by atoms with Crippen LogP contribution < -0.4 is 0 Å². The average molecular weight is 216 g/mol. The summed E-state index contributed by atoms with van der Waals surface area (Å²) >= 11 is 0. The molecule has 0 fully saturated rings. The van der Waals surface area contributed by atoms with Gasteiger partial charge in [0.25, 0.3) is 0 Å². The molecule has 82 valence electrons.